The number of hydrogen-bond acceptors (Lipinski definition) is 4. The number of carbonyl (C=O) groups excluding carboxylic acids is 1. The van der Waals surface area contributed by atoms with Crippen LogP contribution in [-0.4, -0.2) is 46.6 Å². The molecule has 1 amide bonds. The summed E-state index contributed by atoms with van der Waals surface area (Å²) >= 11 is 0. The van der Waals surface area contributed by atoms with Crippen LogP contribution in [0.2, 0.25) is 0 Å². The Hall–Kier alpha value is -1.90. The first-order valence-electron chi connectivity index (χ1n) is 6.16. The number of carbonyl (C=O) groups is 1. The summed E-state index contributed by atoms with van der Waals surface area (Å²) < 4.78 is 0. The van der Waals surface area contributed by atoms with Gasteiger partial charge < -0.3 is 15.7 Å². The second-order valence-corrected chi connectivity index (χ2v) is 4.28. The molecule has 0 atom stereocenters. The summed E-state index contributed by atoms with van der Waals surface area (Å²) in [6.07, 6.45) is 3.09. The van der Waals surface area contributed by atoms with E-state index in [1.807, 2.05) is 13.8 Å². The van der Waals surface area contributed by atoms with Crippen LogP contribution in [0.1, 0.15) is 29.8 Å². The molecule has 0 aliphatic carbocycles. The van der Waals surface area contributed by atoms with E-state index >= 15 is 0 Å². The van der Waals surface area contributed by atoms with Crippen molar-refractivity contribution in [2.75, 3.05) is 19.7 Å². The summed E-state index contributed by atoms with van der Waals surface area (Å²) in [5, 5.41) is 9.01. The molecule has 1 rings (SSSR count). The van der Waals surface area contributed by atoms with Crippen LogP contribution in [0.15, 0.2) is 18.5 Å². The van der Waals surface area contributed by atoms with E-state index in [0.29, 0.717) is 17.7 Å². The molecule has 102 valence electrons. The predicted molar refractivity (Wildman–Crippen MR) is 73.4 cm³/mol. The summed E-state index contributed by atoms with van der Waals surface area (Å²) in [4.78, 5) is 17.9. The highest BCUT2D eigenvalue weighted by atomic mass is 16.3. The molecule has 1 aromatic heterocycles. The summed E-state index contributed by atoms with van der Waals surface area (Å²) in [6.45, 7) is 4.30. The highest BCUT2D eigenvalue weighted by molar-refractivity contribution is 5.94. The van der Waals surface area contributed by atoms with Crippen LogP contribution in [0.25, 0.3) is 0 Å². The molecule has 0 bridgehead atoms. The Balaban J connectivity index is 2.98. The number of aliphatic hydroxyl groups excluding tert-OH is 1. The van der Waals surface area contributed by atoms with Gasteiger partial charge in [0.15, 0.2) is 0 Å². The molecular weight excluding hydrogens is 242 g/mol. The zero-order valence-electron chi connectivity index (χ0n) is 11.3. The van der Waals surface area contributed by atoms with Crippen LogP contribution < -0.4 is 5.73 Å². The summed E-state index contributed by atoms with van der Waals surface area (Å²) in [5.41, 5.74) is 6.43. The Morgan fingerprint density at radius 2 is 2.26 bits per heavy atom. The molecule has 1 aromatic rings. The molecule has 0 fully saturated rings. The van der Waals surface area contributed by atoms with Gasteiger partial charge in [-0.05, 0) is 19.9 Å². The minimum atomic E-state index is -0.159. The van der Waals surface area contributed by atoms with Crippen molar-refractivity contribution in [1.82, 2.24) is 9.88 Å². The van der Waals surface area contributed by atoms with E-state index in [1.54, 1.807) is 17.2 Å². The van der Waals surface area contributed by atoms with Crippen molar-refractivity contribution in [3.8, 4) is 11.8 Å². The van der Waals surface area contributed by atoms with Crippen LogP contribution in [0.5, 0.6) is 0 Å². The van der Waals surface area contributed by atoms with Crippen LogP contribution in [0, 0.1) is 11.8 Å². The van der Waals surface area contributed by atoms with Gasteiger partial charge in [0.25, 0.3) is 5.91 Å². The van der Waals surface area contributed by atoms with Gasteiger partial charge in [0.05, 0.1) is 18.7 Å². The van der Waals surface area contributed by atoms with E-state index in [1.165, 1.54) is 6.20 Å². The van der Waals surface area contributed by atoms with Gasteiger partial charge in [0, 0.05) is 30.5 Å². The van der Waals surface area contributed by atoms with E-state index in [4.69, 9.17) is 10.8 Å². The zero-order chi connectivity index (χ0) is 14.3. The van der Waals surface area contributed by atoms with E-state index in [-0.39, 0.29) is 25.1 Å². The van der Waals surface area contributed by atoms with Gasteiger partial charge in [-0.25, -0.2) is 0 Å². The molecule has 0 aliphatic heterocycles. The largest absolute Gasteiger partial charge is 0.395 e. The molecular formula is C14H19N3O2. The molecule has 5 nitrogen and oxygen atoms in total. The Bertz CT molecular complexity index is 489. The van der Waals surface area contributed by atoms with E-state index in [2.05, 4.69) is 16.8 Å². The molecule has 0 unspecified atom stereocenters. The lowest BCUT2D eigenvalue weighted by Gasteiger charge is -2.25. The number of nitrogens with two attached hydrogens (primary N) is 1. The topological polar surface area (TPSA) is 79.5 Å². The number of aromatic nitrogens is 1. The smallest absolute Gasteiger partial charge is 0.255 e. The Labute approximate surface area is 113 Å². The van der Waals surface area contributed by atoms with Gasteiger partial charge >= 0.3 is 0 Å². The molecule has 0 saturated heterocycles. The lowest BCUT2D eigenvalue weighted by molar-refractivity contribution is 0.0665. The lowest BCUT2D eigenvalue weighted by atomic mass is 10.1. The van der Waals surface area contributed by atoms with E-state index < -0.39 is 0 Å². The summed E-state index contributed by atoms with van der Waals surface area (Å²) in [6, 6.07) is 1.70. The molecule has 0 aliphatic rings. The van der Waals surface area contributed by atoms with Crippen molar-refractivity contribution < 1.29 is 9.90 Å². The van der Waals surface area contributed by atoms with Crippen molar-refractivity contribution >= 4 is 5.91 Å². The van der Waals surface area contributed by atoms with Gasteiger partial charge in [0.1, 0.15) is 0 Å². The fourth-order valence-corrected chi connectivity index (χ4v) is 1.65. The lowest BCUT2D eigenvalue weighted by Crippen LogP contribution is -2.39. The predicted octanol–water partition coefficient (Wildman–Crippen LogP) is 0.235. The quantitative estimate of drug-likeness (QED) is 0.761. The van der Waals surface area contributed by atoms with Crippen molar-refractivity contribution in [1.29, 1.82) is 0 Å². The molecule has 0 aromatic carbocycles. The Morgan fingerprint density at radius 3 is 2.84 bits per heavy atom. The maximum Gasteiger partial charge on any atom is 0.255 e. The molecule has 1 heterocycles. The standard InChI is InChI=1S/C14H19N3O2/c1-11(2)17(6-7-18)14(19)13-8-12(4-3-5-15)9-16-10-13/h8-11,18H,5-7,15H2,1-2H3. The molecule has 0 radical (unpaired) electrons. The number of nitrogens with zero attached hydrogens (tertiary/aromatic N) is 2. The average molecular weight is 261 g/mol. The second kappa shape index (κ2) is 7.52. The first kappa shape index (κ1) is 15.2. The first-order chi connectivity index (χ1) is 9.10. The van der Waals surface area contributed by atoms with Gasteiger partial charge in [-0.3, -0.25) is 9.78 Å². The maximum atomic E-state index is 12.3. The summed E-state index contributed by atoms with van der Waals surface area (Å²) in [7, 11) is 0. The third-order valence-corrected chi connectivity index (χ3v) is 2.55. The minimum Gasteiger partial charge on any atom is -0.395 e. The molecule has 3 N–H and O–H groups in total. The van der Waals surface area contributed by atoms with Gasteiger partial charge in [0.2, 0.25) is 0 Å². The van der Waals surface area contributed by atoms with Gasteiger partial charge in [-0.1, -0.05) is 11.8 Å². The number of hydrogen-bond donors (Lipinski definition) is 2. The number of rotatable bonds is 4. The first-order valence-corrected chi connectivity index (χ1v) is 6.16. The number of pyridine rings is 1. The molecule has 0 spiro atoms. The monoisotopic (exact) mass is 261 g/mol. The third-order valence-electron chi connectivity index (χ3n) is 2.55. The van der Waals surface area contributed by atoms with Gasteiger partial charge in [-0.2, -0.15) is 0 Å². The highest BCUT2D eigenvalue weighted by Crippen LogP contribution is 2.09. The fourth-order valence-electron chi connectivity index (χ4n) is 1.65. The Morgan fingerprint density at radius 1 is 1.53 bits per heavy atom. The molecule has 19 heavy (non-hydrogen) atoms. The normalized spacial score (nSPS) is 9.95. The summed E-state index contributed by atoms with van der Waals surface area (Å²) in [5.74, 6) is 5.40. The average Bonchev–Trinajstić information content (AvgIpc) is 2.41. The molecule has 5 heteroatoms. The van der Waals surface area contributed by atoms with E-state index in [0.717, 1.165) is 0 Å². The van der Waals surface area contributed by atoms with Crippen molar-refractivity contribution in [3.63, 3.8) is 0 Å². The van der Waals surface area contributed by atoms with Crippen LogP contribution >= 0.6 is 0 Å². The van der Waals surface area contributed by atoms with Crippen LogP contribution in [0.4, 0.5) is 0 Å². The van der Waals surface area contributed by atoms with Crippen LogP contribution in [-0.2, 0) is 0 Å². The van der Waals surface area contributed by atoms with E-state index in [9.17, 15) is 4.79 Å². The number of aliphatic hydroxyl groups is 1. The second-order valence-electron chi connectivity index (χ2n) is 4.28. The third kappa shape index (κ3) is 4.36. The van der Waals surface area contributed by atoms with Gasteiger partial charge in [-0.15, -0.1) is 0 Å². The number of amides is 1. The van der Waals surface area contributed by atoms with Crippen LogP contribution in [0.3, 0.4) is 0 Å². The van der Waals surface area contributed by atoms with Crippen molar-refractivity contribution in [3.05, 3.63) is 29.6 Å². The minimum absolute atomic E-state index is 0.0124. The van der Waals surface area contributed by atoms with Crippen molar-refractivity contribution in [2.24, 2.45) is 5.73 Å². The SMILES string of the molecule is CC(C)N(CCO)C(=O)c1cncc(C#CCN)c1. The Kier molecular flexibility index (Phi) is 6.00. The maximum absolute atomic E-state index is 12.3. The highest BCUT2D eigenvalue weighted by Gasteiger charge is 2.18. The van der Waals surface area contributed by atoms with Crippen molar-refractivity contribution in [2.45, 2.75) is 19.9 Å². The zero-order valence-corrected chi connectivity index (χ0v) is 11.3. The fraction of sp³-hybridized carbons (Fsp3) is 0.429. The molecule has 0 saturated carbocycles.